The Morgan fingerprint density at radius 1 is 1.29 bits per heavy atom. The van der Waals surface area contributed by atoms with Crippen molar-refractivity contribution in [2.75, 3.05) is 18.0 Å². The first-order valence-electron chi connectivity index (χ1n) is 6.78. The van der Waals surface area contributed by atoms with Crippen molar-refractivity contribution in [3.63, 3.8) is 0 Å². The van der Waals surface area contributed by atoms with Gasteiger partial charge in [0.25, 0.3) is 0 Å². The van der Waals surface area contributed by atoms with Crippen molar-refractivity contribution in [2.45, 2.75) is 45.1 Å². The zero-order valence-electron chi connectivity index (χ0n) is 10.7. The fourth-order valence-electron chi connectivity index (χ4n) is 2.59. The number of para-hydroxylation sites is 1. The second kappa shape index (κ2) is 6.06. The average molecular weight is 233 g/mol. The van der Waals surface area contributed by atoms with E-state index in [1.165, 1.54) is 37.1 Å². The third-order valence-corrected chi connectivity index (χ3v) is 3.51. The highest BCUT2D eigenvalue weighted by atomic mass is 16.3. The highest BCUT2D eigenvalue weighted by molar-refractivity contribution is 5.55. The van der Waals surface area contributed by atoms with Crippen molar-refractivity contribution in [3.8, 4) is 0 Å². The number of nitrogens with zero attached hydrogens (tertiary/aromatic N) is 1. The first-order valence-corrected chi connectivity index (χ1v) is 6.78. The van der Waals surface area contributed by atoms with Gasteiger partial charge in [-0.25, -0.2) is 0 Å². The van der Waals surface area contributed by atoms with Gasteiger partial charge in [-0.15, -0.1) is 0 Å². The number of unbranched alkanes of at least 4 members (excludes halogenated alkanes) is 1. The van der Waals surface area contributed by atoms with Gasteiger partial charge >= 0.3 is 0 Å². The van der Waals surface area contributed by atoms with Crippen molar-refractivity contribution in [1.82, 2.24) is 0 Å². The Labute approximate surface area is 104 Å². The summed E-state index contributed by atoms with van der Waals surface area (Å²) in [4.78, 5) is 2.50. The van der Waals surface area contributed by atoms with E-state index in [0.29, 0.717) is 0 Å². The van der Waals surface area contributed by atoms with E-state index in [9.17, 15) is 5.11 Å². The first kappa shape index (κ1) is 12.4. The van der Waals surface area contributed by atoms with Gasteiger partial charge in [-0.3, -0.25) is 0 Å². The molecule has 0 aromatic heterocycles. The molecule has 1 heterocycles. The van der Waals surface area contributed by atoms with Crippen LogP contribution in [0, 0.1) is 0 Å². The fourth-order valence-corrected chi connectivity index (χ4v) is 2.59. The average Bonchev–Trinajstić information content (AvgIpc) is 2.34. The van der Waals surface area contributed by atoms with Crippen LogP contribution in [0.2, 0.25) is 0 Å². The van der Waals surface area contributed by atoms with Crippen LogP contribution in [0.1, 0.15) is 38.2 Å². The molecule has 94 valence electrons. The van der Waals surface area contributed by atoms with E-state index in [2.05, 4.69) is 29.2 Å². The summed E-state index contributed by atoms with van der Waals surface area (Å²) in [5.41, 5.74) is 2.92. The normalized spacial score (nSPS) is 16.7. The van der Waals surface area contributed by atoms with Crippen molar-refractivity contribution in [1.29, 1.82) is 0 Å². The lowest BCUT2D eigenvalue weighted by atomic mass is 10.0. The lowest BCUT2D eigenvalue weighted by Gasteiger charge is -2.31. The summed E-state index contributed by atoms with van der Waals surface area (Å²) < 4.78 is 0. The summed E-state index contributed by atoms with van der Waals surface area (Å²) in [6.07, 6.45) is 5.57. The van der Waals surface area contributed by atoms with Gasteiger partial charge in [-0.1, -0.05) is 18.2 Å². The number of aryl methyl sites for hydroxylation is 1. The number of rotatable bonds is 5. The monoisotopic (exact) mass is 233 g/mol. The molecule has 1 unspecified atom stereocenters. The standard InChI is InChI=1S/C15H23NO/c1-13(17)7-4-5-11-16-12-6-9-14-8-2-3-10-15(14)16/h2-3,8,10,13,17H,4-7,9,11-12H2,1H3. The molecule has 1 aliphatic heterocycles. The van der Waals surface area contributed by atoms with Gasteiger partial charge in [0.2, 0.25) is 0 Å². The van der Waals surface area contributed by atoms with Crippen molar-refractivity contribution < 1.29 is 5.11 Å². The Morgan fingerprint density at radius 3 is 2.94 bits per heavy atom. The number of anilines is 1. The summed E-state index contributed by atoms with van der Waals surface area (Å²) >= 11 is 0. The molecule has 0 saturated heterocycles. The Balaban J connectivity index is 1.86. The largest absolute Gasteiger partial charge is 0.393 e. The summed E-state index contributed by atoms with van der Waals surface area (Å²) in [5, 5.41) is 9.23. The van der Waals surface area contributed by atoms with Crippen LogP contribution in [-0.4, -0.2) is 24.3 Å². The van der Waals surface area contributed by atoms with Crippen LogP contribution in [0.4, 0.5) is 5.69 Å². The maximum atomic E-state index is 9.23. The number of benzene rings is 1. The molecular formula is C15H23NO. The smallest absolute Gasteiger partial charge is 0.0512 e. The molecule has 0 radical (unpaired) electrons. The lowest BCUT2D eigenvalue weighted by Crippen LogP contribution is -2.30. The molecule has 1 aliphatic rings. The number of fused-ring (bicyclic) bond motifs is 1. The molecule has 1 aromatic rings. The molecule has 2 nitrogen and oxygen atoms in total. The molecule has 0 bridgehead atoms. The maximum Gasteiger partial charge on any atom is 0.0512 e. The van der Waals surface area contributed by atoms with Gasteiger partial charge in [0.05, 0.1) is 6.10 Å². The Kier molecular flexibility index (Phi) is 4.43. The van der Waals surface area contributed by atoms with E-state index in [0.717, 1.165) is 19.4 Å². The quantitative estimate of drug-likeness (QED) is 0.790. The Bertz CT molecular complexity index is 349. The van der Waals surface area contributed by atoms with Crippen molar-refractivity contribution in [2.24, 2.45) is 0 Å². The van der Waals surface area contributed by atoms with Crippen LogP contribution >= 0.6 is 0 Å². The molecule has 2 heteroatoms. The van der Waals surface area contributed by atoms with E-state index < -0.39 is 0 Å². The molecule has 0 fully saturated rings. The summed E-state index contributed by atoms with van der Waals surface area (Å²) in [6, 6.07) is 8.75. The molecule has 0 spiro atoms. The number of aliphatic hydroxyl groups excluding tert-OH is 1. The highest BCUT2D eigenvalue weighted by Gasteiger charge is 2.15. The summed E-state index contributed by atoms with van der Waals surface area (Å²) in [7, 11) is 0. The van der Waals surface area contributed by atoms with Gasteiger partial charge in [0, 0.05) is 18.8 Å². The molecule has 0 saturated carbocycles. The fraction of sp³-hybridized carbons (Fsp3) is 0.600. The number of aliphatic hydroxyl groups is 1. The minimum absolute atomic E-state index is 0.149. The minimum Gasteiger partial charge on any atom is -0.393 e. The SMILES string of the molecule is CC(O)CCCCN1CCCc2ccccc21. The summed E-state index contributed by atoms with van der Waals surface area (Å²) in [6.45, 7) is 4.19. The molecule has 0 aliphatic carbocycles. The van der Waals surface area contributed by atoms with Crippen LogP contribution in [0.25, 0.3) is 0 Å². The summed E-state index contributed by atoms with van der Waals surface area (Å²) in [5.74, 6) is 0. The topological polar surface area (TPSA) is 23.5 Å². The molecular weight excluding hydrogens is 210 g/mol. The van der Waals surface area contributed by atoms with E-state index in [1.54, 1.807) is 0 Å². The number of hydrogen-bond acceptors (Lipinski definition) is 2. The molecule has 2 rings (SSSR count). The highest BCUT2D eigenvalue weighted by Crippen LogP contribution is 2.26. The molecule has 1 atom stereocenters. The van der Waals surface area contributed by atoms with Gasteiger partial charge in [0.15, 0.2) is 0 Å². The van der Waals surface area contributed by atoms with Crippen LogP contribution in [0.3, 0.4) is 0 Å². The predicted octanol–water partition coefficient (Wildman–Crippen LogP) is 2.99. The van der Waals surface area contributed by atoms with E-state index >= 15 is 0 Å². The predicted molar refractivity (Wildman–Crippen MR) is 72.5 cm³/mol. The van der Waals surface area contributed by atoms with Gasteiger partial charge in [-0.05, 0) is 50.7 Å². The van der Waals surface area contributed by atoms with E-state index in [4.69, 9.17) is 0 Å². The zero-order valence-corrected chi connectivity index (χ0v) is 10.7. The molecule has 1 aromatic carbocycles. The first-order chi connectivity index (χ1) is 8.27. The Hall–Kier alpha value is -1.02. The van der Waals surface area contributed by atoms with Crippen molar-refractivity contribution >= 4 is 5.69 Å². The van der Waals surface area contributed by atoms with Crippen LogP contribution in [0.5, 0.6) is 0 Å². The molecule has 0 amide bonds. The van der Waals surface area contributed by atoms with Gasteiger partial charge < -0.3 is 10.0 Å². The zero-order chi connectivity index (χ0) is 12.1. The van der Waals surface area contributed by atoms with Crippen LogP contribution in [0.15, 0.2) is 24.3 Å². The lowest BCUT2D eigenvalue weighted by molar-refractivity contribution is 0.181. The third-order valence-electron chi connectivity index (χ3n) is 3.51. The van der Waals surface area contributed by atoms with Crippen LogP contribution in [-0.2, 0) is 6.42 Å². The van der Waals surface area contributed by atoms with Crippen molar-refractivity contribution in [3.05, 3.63) is 29.8 Å². The second-order valence-electron chi connectivity index (χ2n) is 5.06. The minimum atomic E-state index is -0.149. The molecule has 17 heavy (non-hydrogen) atoms. The Morgan fingerprint density at radius 2 is 2.12 bits per heavy atom. The van der Waals surface area contributed by atoms with Gasteiger partial charge in [0.1, 0.15) is 0 Å². The third kappa shape index (κ3) is 3.47. The second-order valence-corrected chi connectivity index (χ2v) is 5.06. The number of hydrogen-bond donors (Lipinski definition) is 1. The van der Waals surface area contributed by atoms with Gasteiger partial charge in [-0.2, -0.15) is 0 Å². The van der Waals surface area contributed by atoms with E-state index in [1.807, 2.05) is 6.92 Å². The maximum absolute atomic E-state index is 9.23. The molecule has 1 N–H and O–H groups in total. The van der Waals surface area contributed by atoms with Crippen LogP contribution < -0.4 is 4.90 Å². The van der Waals surface area contributed by atoms with E-state index in [-0.39, 0.29) is 6.10 Å².